The summed E-state index contributed by atoms with van der Waals surface area (Å²) >= 11 is 0. The first-order chi connectivity index (χ1) is 9.52. The monoisotopic (exact) mass is 273 g/mol. The van der Waals surface area contributed by atoms with Crippen molar-refractivity contribution in [2.24, 2.45) is 5.92 Å². The molecule has 0 saturated heterocycles. The predicted molar refractivity (Wildman–Crippen MR) is 85.9 cm³/mol. The maximum atomic E-state index is 4.82. The minimum Gasteiger partial charge on any atom is -0.327 e. The van der Waals surface area contributed by atoms with Crippen LogP contribution in [-0.4, -0.2) is 15.6 Å². The van der Waals surface area contributed by atoms with Crippen molar-refractivity contribution in [3.05, 3.63) is 30.1 Å². The summed E-state index contributed by atoms with van der Waals surface area (Å²) in [7, 11) is 0. The van der Waals surface area contributed by atoms with Gasteiger partial charge in [0.2, 0.25) is 0 Å². The number of hydrogen-bond donors (Lipinski definition) is 1. The van der Waals surface area contributed by atoms with Crippen LogP contribution in [0.25, 0.3) is 11.0 Å². The molecule has 0 fully saturated rings. The molecule has 2 rings (SSSR count). The molecule has 1 N–H and O–H groups in total. The second kappa shape index (κ2) is 6.40. The van der Waals surface area contributed by atoms with Gasteiger partial charge in [0, 0.05) is 12.6 Å². The molecule has 1 heterocycles. The first-order valence-corrected chi connectivity index (χ1v) is 7.74. The van der Waals surface area contributed by atoms with Crippen LogP contribution in [0.4, 0.5) is 0 Å². The number of hydrogen-bond acceptors (Lipinski definition) is 2. The lowest BCUT2D eigenvalue weighted by atomic mass is 10.0. The van der Waals surface area contributed by atoms with Crippen LogP contribution in [0, 0.1) is 5.92 Å². The SMILES string of the molecule is CCn1c([C@H](C)N[C@@H](C)CC(C)C)nc2ccccc21. The Balaban J connectivity index is 2.23. The molecule has 0 aliphatic carbocycles. The van der Waals surface area contributed by atoms with Gasteiger partial charge in [0.25, 0.3) is 0 Å². The number of imidazole rings is 1. The number of para-hydroxylation sites is 2. The van der Waals surface area contributed by atoms with E-state index >= 15 is 0 Å². The van der Waals surface area contributed by atoms with Crippen LogP contribution < -0.4 is 5.32 Å². The van der Waals surface area contributed by atoms with Crippen molar-refractivity contribution >= 4 is 11.0 Å². The van der Waals surface area contributed by atoms with Gasteiger partial charge in [-0.15, -0.1) is 0 Å². The summed E-state index contributed by atoms with van der Waals surface area (Å²) in [5, 5.41) is 3.68. The Bertz CT molecular complexity index is 556. The molecule has 110 valence electrons. The molecule has 0 unspecified atom stereocenters. The van der Waals surface area contributed by atoms with E-state index in [9.17, 15) is 0 Å². The van der Waals surface area contributed by atoms with Crippen LogP contribution in [0.15, 0.2) is 24.3 Å². The average Bonchev–Trinajstić information content (AvgIpc) is 2.76. The van der Waals surface area contributed by atoms with Gasteiger partial charge in [-0.2, -0.15) is 0 Å². The van der Waals surface area contributed by atoms with Crippen molar-refractivity contribution in [2.45, 2.75) is 59.7 Å². The number of aryl methyl sites for hydroxylation is 1. The Labute approximate surface area is 122 Å². The molecule has 0 aliphatic rings. The summed E-state index contributed by atoms with van der Waals surface area (Å²) in [6, 6.07) is 9.17. The fourth-order valence-electron chi connectivity index (χ4n) is 3.03. The molecule has 0 aliphatic heterocycles. The fourth-order valence-corrected chi connectivity index (χ4v) is 3.03. The summed E-state index contributed by atoms with van der Waals surface area (Å²) in [6.45, 7) is 12.1. The molecule has 3 heteroatoms. The number of benzene rings is 1. The van der Waals surface area contributed by atoms with E-state index in [4.69, 9.17) is 4.98 Å². The van der Waals surface area contributed by atoms with Crippen LogP contribution in [-0.2, 0) is 6.54 Å². The van der Waals surface area contributed by atoms with Crippen molar-refractivity contribution in [1.82, 2.24) is 14.9 Å². The van der Waals surface area contributed by atoms with Crippen molar-refractivity contribution in [2.75, 3.05) is 0 Å². The molecule has 2 atom stereocenters. The summed E-state index contributed by atoms with van der Waals surface area (Å²) in [6.07, 6.45) is 1.19. The van der Waals surface area contributed by atoms with Gasteiger partial charge in [0.15, 0.2) is 0 Å². The van der Waals surface area contributed by atoms with E-state index < -0.39 is 0 Å². The van der Waals surface area contributed by atoms with E-state index in [0.717, 1.165) is 23.8 Å². The van der Waals surface area contributed by atoms with Gasteiger partial charge < -0.3 is 9.88 Å². The summed E-state index contributed by atoms with van der Waals surface area (Å²) in [5.74, 6) is 1.86. The summed E-state index contributed by atoms with van der Waals surface area (Å²) in [4.78, 5) is 4.82. The second-order valence-corrected chi connectivity index (χ2v) is 6.12. The Morgan fingerprint density at radius 2 is 1.85 bits per heavy atom. The van der Waals surface area contributed by atoms with Crippen LogP contribution >= 0.6 is 0 Å². The molecule has 3 nitrogen and oxygen atoms in total. The lowest BCUT2D eigenvalue weighted by molar-refractivity contribution is 0.393. The standard InChI is InChI=1S/C17H27N3/c1-6-20-16-10-8-7-9-15(16)19-17(20)14(5)18-13(4)11-12(2)3/h7-10,12-14,18H,6,11H2,1-5H3/t13-,14-/m0/s1. The third-order valence-electron chi connectivity index (χ3n) is 3.75. The van der Waals surface area contributed by atoms with Crippen molar-refractivity contribution < 1.29 is 0 Å². The minimum absolute atomic E-state index is 0.274. The van der Waals surface area contributed by atoms with Gasteiger partial charge >= 0.3 is 0 Å². The molecule has 1 aromatic heterocycles. The highest BCUT2D eigenvalue weighted by Gasteiger charge is 2.17. The predicted octanol–water partition coefficient (Wildman–Crippen LogP) is 4.14. The topological polar surface area (TPSA) is 29.9 Å². The van der Waals surface area contributed by atoms with Gasteiger partial charge in [-0.05, 0) is 45.2 Å². The van der Waals surface area contributed by atoms with E-state index in [1.54, 1.807) is 0 Å². The first kappa shape index (κ1) is 15.0. The number of nitrogens with one attached hydrogen (secondary N) is 1. The zero-order valence-electron chi connectivity index (χ0n) is 13.4. The lowest BCUT2D eigenvalue weighted by Gasteiger charge is -2.21. The van der Waals surface area contributed by atoms with Gasteiger partial charge in [-0.25, -0.2) is 4.98 Å². The summed E-state index contributed by atoms with van der Waals surface area (Å²) in [5.41, 5.74) is 2.32. The Kier molecular flexibility index (Phi) is 4.81. The van der Waals surface area contributed by atoms with Gasteiger partial charge in [0.1, 0.15) is 5.82 Å². The smallest absolute Gasteiger partial charge is 0.126 e. The van der Waals surface area contributed by atoms with E-state index in [0.29, 0.717) is 6.04 Å². The lowest BCUT2D eigenvalue weighted by Crippen LogP contribution is -2.31. The van der Waals surface area contributed by atoms with Crippen molar-refractivity contribution in [3.63, 3.8) is 0 Å². The van der Waals surface area contributed by atoms with Gasteiger partial charge in [-0.1, -0.05) is 26.0 Å². The molecule has 0 spiro atoms. The molecule has 0 bridgehead atoms. The summed E-state index contributed by atoms with van der Waals surface area (Å²) < 4.78 is 2.31. The largest absolute Gasteiger partial charge is 0.327 e. The van der Waals surface area contributed by atoms with Crippen molar-refractivity contribution in [3.8, 4) is 0 Å². The van der Waals surface area contributed by atoms with Crippen LogP contribution in [0.1, 0.15) is 52.9 Å². The zero-order valence-corrected chi connectivity index (χ0v) is 13.4. The quantitative estimate of drug-likeness (QED) is 0.857. The molecule has 1 aromatic carbocycles. The first-order valence-electron chi connectivity index (χ1n) is 7.74. The molecule has 0 saturated carbocycles. The third kappa shape index (κ3) is 3.21. The third-order valence-corrected chi connectivity index (χ3v) is 3.75. The van der Waals surface area contributed by atoms with E-state index in [-0.39, 0.29) is 6.04 Å². The second-order valence-electron chi connectivity index (χ2n) is 6.12. The molecule has 20 heavy (non-hydrogen) atoms. The molecular formula is C17H27N3. The maximum Gasteiger partial charge on any atom is 0.126 e. The van der Waals surface area contributed by atoms with Crippen LogP contribution in [0.2, 0.25) is 0 Å². The highest BCUT2D eigenvalue weighted by molar-refractivity contribution is 5.76. The highest BCUT2D eigenvalue weighted by atomic mass is 15.1. The van der Waals surface area contributed by atoms with Crippen LogP contribution in [0.3, 0.4) is 0 Å². The number of fused-ring (bicyclic) bond motifs is 1. The number of nitrogens with zero attached hydrogens (tertiary/aromatic N) is 2. The molecule has 2 aromatic rings. The average molecular weight is 273 g/mol. The van der Waals surface area contributed by atoms with E-state index in [1.165, 1.54) is 11.9 Å². The van der Waals surface area contributed by atoms with Crippen molar-refractivity contribution in [1.29, 1.82) is 0 Å². The normalized spacial score (nSPS) is 14.9. The molecular weight excluding hydrogens is 246 g/mol. The Hall–Kier alpha value is -1.35. The molecule has 0 amide bonds. The van der Waals surface area contributed by atoms with Gasteiger partial charge in [0.05, 0.1) is 17.1 Å². The fraction of sp³-hybridized carbons (Fsp3) is 0.588. The Morgan fingerprint density at radius 1 is 1.15 bits per heavy atom. The van der Waals surface area contributed by atoms with Crippen LogP contribution in [0.5, 0.6) is 0 Å². The maximum absolute atomic E-state index is 4.82. The highest BCUT2D eigenvalue weighted by Crippen LogP contribution is 2.21. The minimum atomic E-state index is 0.274. The van der Waals surface area contributed by atoms with E-state index in [2.05, 4.69) is 68.8 Å². The Morgan fingerprint density at radius 3 is 2.50 bits per heavy atom. The number of aromatic nitrogens is 2. The zero-order chi connectivity index (χ0) is 14.7. The molecule has 0 radical (unpaired) electrons. The van der Waals surface area contributed by atoms with E-state index in [1.807, 2.05) is 0 Å². The number of rotatable bonds is 6. The van der Waals surface area contributed by atoms with Gasteiger partial charge in [-0.3, -0.25) is 0 Å².